The van der Waals surface area contributed by atoms with Crippen molar-refractivity contribution >= 4 is 11.9 Å². The van der Waals surface area contributed by atoms with Gasteiger partial charge in [-0.05, 0) is 80.6 Å². The van der Waals surface area contributed by atoms with Gasteiger partial charge in [0.1, 0.15) is 0 Å². The maximum Gasteiger partial charge on any atom is 2.00 e. The second-order valence-electron chi connectivity index (χ2n) is 5.82. The third-order valence-electron chi connectivity index (χ3n) is 3.95. The maximum absolute atomic E-state index is 11.9. The predicted octanol–water partition coefficient (Wildman–Crippen LogP) is 5.36. The van der Waals surface area contributed by atoms with Gasteiger partial charge in [-0.3, -0.25) is 4.79 Å². The molecular weight excluding hydrogens is 372 g/mol. The molecule has 0 aliphatic heterocycles. The Morgan fingerprint density at radius 1 is 0.630 bits per heavy atom. The van der Waals surface area contributed by atoms with Gasteiger partial charge in [0.2, 0.25) is 0 Å². The molecule has 0 atom stereocenters. The van der Waals surface area contributed by atoms with Crippen LogP contribution in [-0.2, 0) is 21.9 Å². The van der Waals surface area contributed by atoms with Crippen molar-refractivity contribution in [1.82, 2.24) is 0 Å². The van der Waals surface area contributed by atoms with Crippen LogP contribution >= 0.6 is 0 Å². The molecule has 27 heavy (non-hydrogen) atoms. The van der Waals surface area contributed by atoms with E-state index in [9.17, 15) is 4.79 Å². The molecule has 2 aromatic rings. The molecule has 2 aliphatic rings. The summed E-state index contributed by atoms with van der Waals surface area (Å²) in [5.41, 5.74) is 3.39. The summed E-state index contributed by atoms with van der Waals surface area (Å²) in [6, 6.07) is 18.4. The van der Waals surface area contributed by atoms with Gasteiger partial charge in [0.05, 0.1) is 5.92 Å². The van der Waals surface area contributed by atoms with E-state index >= 15 is 0 Å². The Morgan fingerprint density at radius 3 is 1.70 bits per heavy atom. The number of allylic oxidation sites excluding steroid dienone is 1. The smallest absolute Gasteiger partial charge is 0.294 e. The topological polar surface area (TPSA) is 17.1 Å². The molecular formula is C25H20FeO+2. The van der Waals surface area contributed by atoms with Gasteiger partial charge in [0.25, 0.3) is 0 Å². The number of ketones is 1. The zero-order valence-corrected chi connectivity index (χ0v) is 15.9. The van der Waals surface area contributed by atoms with Crippen LogP contribution in [0.25, 0.3) is 17.2 Å². The van der Waals surface area contributed by atoms with E-state index < -0.39 is 0 Å². The molecule has 132 valence electrons. The summed E-state index contributed by atoms with van der Waals surface area (Å²) in [7, 11) is 0. The van der Waals surface area contributed by atoms with E-state index in [1.807, 2.05) is 94.2 Å². The zero-order valence-electron chi connectivity index (χ0n) is 14.8. The fraction of sp³-hybridized carbons (Fsp3) is 0. The molecule has 0 unspecified atom stereocenters. The molecule has 1 nitrogen and oxygen atoms in total. The van der Waals surface area contributed by atoms with Crippen LogP contribution in [0.4, 0.5) is 0 Å². The van der Waals surface area contributed by atoms with E-state index in [2.05, 4.69) is 24.3 Å². The molecule has 0 amide bonds. The van der Waals surface area contributed by atoms with Crippen molar-refractivity contribution in [2.24, 2.45) is 0 Å². The molecule has 0 heterocycles. The van der Waals surface area contributed by atoms with E-state index in [0.717, 1.165) is 11.5 Å². The summed E-state index contributed by atoms with van der Waals surface area (Å²) in [5, 5.41) is 0. The first kappa shape index (κ1) is 21.7. The number of rotatable bonds is 4. The van der Waals surface area contributed by atoms with Gasteiger partial charge in [-0.2, -0.15) is 0 Å². The molecule has 0 aromatic heterocycles. The SMILES string of the molecule is O=C(/C=C/c1ccc(-c2ccccc2)cc1)[C]1[CH][CH][CH][CH]1.[CH]1[CH][CH][CH][CH]1.[Fe+2]. The van der Waals surface area contributed by atoms with E-state index in [-0.39, 0.29) is 22.9 Å². The van der Waals surface area contributed by atoms with Gasteiger partial charge >= 0.3 is 17.1 Å². The maximum atomic E-state index is 11.9. The van der Waals surface area contributed by atoms with Crippen molar-refractivity contribution in [2.45, 2.75) is 0 Å². The Morgan fingerprint density at radius 2 is 1.15 bits per heavy atom. The summed E-state index contributed by atoms with van der Waals surface area (Å²) in [6.45, 7) is 0. The number of benzene rings is 2. The average molecular weight is 392 g/mol. The van der Waals surface area contributed by atoms with Gasteiger partial charge in [-0.1, -0.05) is 60.7 Å². The van der Waals surface area contributed by atoms with E-state index in [1.54, 1.807) is 6.08 Å². The summed E-state index contributed by atoms with van der Waals surface area (Å²) in [4.78, 5) is 11.9. The average Bonchev–Trinajstić information content (AvgIpc) is 3.44. The Kier molecular flexibility index (Phi) is 9.59. The molecule has 2 aliphatic carbocycles. The Balaban J connectivity index is 0.000000379. The van der Waals surface area contributed by atoms with Crippen molar-refractivity contribution in [1.29, 1.82) is 0 Å². The summed E-state index contributed by atoms with van der Waals surface area (Å²) in [6.07, 6.45) is 20.9. The number of carbonyl (C=O) groups excluding carboxylic acids is 1. The van der Waals surface area contributed by atoms with Crippen LogP contribution in [0, 0.1) is 63.7 Å². The predicted molar refractivity (Wildman–Crippen MR) is 108 cm³/mol. The minimum atomic E-state index is 0. The third kappa shape index (κ3) is 7.13. The molecule has 10 radical (unpaired) electrons. The van der Waals surface area contributed by atoms with Crippen molar-refractivity contribution in [2.75, 3.05) is 0 Å². The molecule has 2 heteroatoms. The van der Waals surface area contributed by atoms with E-state index in [0.29, 0.717) is 0 Å². The van der Waals surface area contributed by atoms with Crippen LogP contribution in [0.15, 0.2) is 60.7 Å². The van der Waals surface area contributed by atoms with Gasteiger partial charge < -0.3 is 0 Å². The zero-order chi connectivity index (χ0) is 18.0. The molecule has 2 aromatic carbocycles. The first-order valence-corrected chi connectivity index (χ1v) is 8.59. The molecule has 0 bridgehead atoms. The third-order valence-corrected chi connectivity index (χ3v) is 3.95. The van der Waals surface area contributed by atoms with Gasteiger partial charge in [-0.25, -0.2) is 0 Å². The fourth-order valence-electron chi connectivity index (χ4n) is 2.54. The van der Waals surface area contributed by atoms with Crippen LogP contribution in [-0.4, -0.2) is 5.78 Å². The standard InChI is InChI=1S/C20H15O.C5H5.Fe/c21-20(19-8-4-5-9-19)15-12-16-10-13-18(14-11-16)17-6-2-1-3-7-17;1-2-4-5-3-1;/h1-15H;1-5H;/q;;+2/b15-12+;;. The first-order valence-electron chi connectivity index (χ1n) is 8.59. The monoisotopic (exact) mass is 392 g/mol. The van der Waals surface area contributed by atoms with Crippen LogP contribution < -0.4 is 0 Å². The van der Waals surface area contributed by atoms with Gasteiger partial charge in [0, 0.05) is 0 Å². The Hall–Kier alpha value is -1.63. The number of hydrogen-bond acceptors (Lipinski definition) is 1. The largest absolute Gasteiger partial charge is 2.00 e. The van der Waals surface area contributed by atoms with E-state index in [4.69, 9.17) is 0 Å². The first-order chi connectivity index (χ1) is 12.8. The van der Waals surface area contributed by atoms with Crippen molar-refractivity contribution in [3.63, 3.8) is 0 Å². The number of hydrogen-bond donors (Lipinski definition) is 0. The summed E-state index contributed by atoms with van der Waals surface area (Å²) in [5.74, 6) is 0.763. The van der Waals surface area contributed by atoms with Crippen molar-refractivity contribution < 1.29 is 21.9 Å². The van der Waals surface area contributed by atoms with Crippen molar-refractivity contribution in [3.8, 4) is 11.1 Å². The van der Waals surface area contributed by atoms with E-state index in [1.165, 1.54) is 11.1 Å². The van der Waals surface area contributed by atoms with Crippen molar-refractivity contribution in [3.05, 3.63) is 130 Å². The van der Waals surface area contributed by atoms with Crippen LogP contribution in [0.2, 0.25) is 0 Å². The minimum Gasteiger partial charge on any atom is -0.294 e. The Bertz CT molecular complexity index is 685. The second-order valence-corrected chi connectivity index (χ2v) is 5.82. The summed E-state index contributed by atoms with van der Waals surface area (Å²) >= 11 is 0. The molecule has 0 spiro atoms. The molecule has 0 saturated heterocycles. The number of carbonyl (C=O) groups is 1. The molecule has 2 saturated carbocycles. The minimum absolute atomic E-state index is 0. The Labute approximate surface area is 174 Å². The van der Waals surface area contributed by atoms with Crippen LogP contribution in [0.1, 0.15) is 5.56 Å². The normalized spacial score (nSPS) is 16.6. The molecule has 2 fully saturated rings. The molecule has 4 rings (SSSR count). The van der Waals surface area contributed by atoms with Crippen LogP contribution in [0.5, 0.6) is 0 Å². The summed E-state index contributed by atoms with van der Waals surface area (Å²) < 4.78 is 0. The quantitative estimate of drug-likeness (QED) is 0.506. The van der Waals surface area contributed by atoms with Gasteiger partial charge in [0.15, 0.2) is 5.78 Å². The molecule has 0 N–H and O–H groups in total. The second kappa shape index (κ2) is 12.0. The van der Waals surface area contributed by atoms with Crippen LogP contribution in [0.3, 0.4) is 0 Å². The van der Waals surface area contributed by atoms with Gasteiger partial charge in [-0.15, -0.1) is 0 Å². The fourth-order valence-corrected chi connectivity index (χ4v) is 2.54.